The molecule has 1 nitrogen and oxygen atoms in total. The smallest absolute Gasteiger partial charge is 0.304 e. The molecule has 0 fully saturated rings. The zero-order valence-electron chi connectivity index (χ0n) is 9.04. The van der Waals surface area contributed by atoms with Crippen molar-refractivity contribution in [3.05, 3.63) is 35.9 Å². The molecule has 1 aromatic carbocycles. The van der Waals surface area contributed by atoms with Gasteiger partial charge in [-0.1, -0.05) is 6.92 Å². The Morgan fingerprint density at radius 1 is 1.38 bits per heavy atom. The average molecular weight is 169 g/mol. The molecule has 0 heterocycles. The summed E-state index contributed by atoms with van der Waals surface area (Å²) in [4.78, 5) is 2.23. The van der Waals surface area contributed by atoms with Gasteiger partial charge in [0.2, 0.25) is 0 Å². The van der Waals surface area contributed by atoms with Crippen molar-refractivity contribution in [3.63, 3.8) is 0 Å². The van der Waals surface area contributed by atoms with Gasteiger partial charge in [-0.15, -0.1) is 5.56 Å². The molecule has 0 aromatic heterocycles. The maximum atomic E-state index is 3.26. The second kappa shape index (κ2) is 6.26. The number of rotatable bonds is 3. The summed E-state index contributed by atoms with van der Waals surface area (Å²) in [6.45, 7) is 2.20. The van der Waals surface area contributed by atoms with Gasteiger partial charge in [-0.05, 0) is 20.5 Å². The van der Waals surface area contributed by atoms with Crippen LogP contribution in [0.5, 0.6) is 0 Å². The molecule has 66 valence electrons. The van der Waals surface area contributed by atoms with Gasteiger partial charge in [0.25, 0.3) is 0 Å². The largest absolute Gasteiger partial charge is 1.00 e. The molecule has 0 aliphatic rings. The molecule has 0 unspecified atom stereocenters. The molecule has 0 saturated carbocycles. The van der Waals surface area contributed by atoms with Crippen LogP contribution in [0.2, 0.25) is 0 Å². The molecule has 13 heavy (non-hydrogen) atoms. The summed E-state index contributed by atoms with van der Waals surface area (Å²) in [6.07, 6.45) is 1.13. The van der Waals surface area contributed by atoms with Crippen LogP contribution >= 0.6 is 0 Å². The van der Waals surface area contributed by atoms with Gasteiger partial charge in [-0.25, -0.2) is 0 Å². The topological polar surface area (TPSA) is 3.24 Å². The number of hydrogen-bond acceptors (Lipinski definition) is 1. The molecule has 1 atom stereocenters. The van der Waals surface area contributed by atoms with Crippen LogP contribution in [0.4, 0.5) is 0 Å². The van der Waals surface area contributed by atoms with E-state index in [2.05, 4.69) is 44.1 Å². The van der Waals surface area contributed by atoms with Crippen molar-refractivity contribution in [3.8, 4) is 0 Å². The predicted molar refractivity (Wildman–Crippen MR) is 52.0 cm³/mol. The second-order valence-corrected chi connectivity index (χ2v) is 3.21. The maximum absolute atomic E-state index is 3.26. The first-order valence-electron chi connectivity index (χ1n) is 4.38. The van der Waals surface area contributed by atoms with E-state index < -0.39 is 0 Å². The third kappa shape index (κ3) is 3.56. The Kier molecular flexibility index (Phi) is 6.16. The standard InChI is InChI=1S/C11H16N.Li/c1-4-11(12(2)3)10-8-6-5-7-9-10;/h5-8,11H,4H2,1-3H3;/q-1;+1/t11-;/m1./s1. The van der Waals surface area contributed by atoms with Crippen LogP contribution in [0.3, 0.4) is 0 Å². The molecular weight excluding hydrogens is 153 g/mol. The zero-order chi connectivity index (χ0) is 8.97. The molecule has 0 aliphatic heterocycles. The fraction of sp³-hybridized carbons (Fsp3) is 0.455. The summed E-state index contributed by atoms with van der Waals surface area (Å²) in [6, 6.07) is 11.9. The minimum atomic E-state index is 0. The molecule has 2 heteroatoms. The average Bonchev–Trinajstić information content (AvgIpc) is 2.07. The Hall–Kier alpha value is -0.223. The van der Waals surface area contributed by atoms with Gasteiger partial charge in [0.05, 0.1) is 0 Å². The van der Waals surface area contributed by atoms with Crippen molar-refractivity contribution in [2.45, 2.75) is 19.4 Å². The van der Waals surface area contributed by atoms with Crippen molar-refractivity contribution in [1.82, 2.24) is 4.90 Å². The maximum Gasteiger partial charge on any atom is 1.00 e. The molecule has 0 amide bonds. The first kappa shape index (κ1) is 12.8. The van der Waals surface area contributed by atoms with Crippen LogP contribution in [-0.2, 0) is 0 Å². The quantitative estimate of drug-likeness (QED) is 0.435. The molecule has 0 spiro atoms. The third-order valence-corrected chi connectivity index (χ3v) is 2.10. The van der Waals surface area contributed by atoms with Crippen LogP contribution in [0.25, 0.3) is 0 Å². The second-order valence-electron chi connectivity index (χ2n) is 3.21. The molecule has 0 radical (unpaired) electrons. The summed E-state index contributed by atoms with van der Waals surface area (Å²) >= 11 is 0. The first-order chi connectivity index (χ1) is 5.75. The van der Waals surface area contributed by atoms with Crippen molar-refractivity contribution < 1.29 is 18.9 Å². The summed E-state index contributed by atoms with van der Waals surface area (Å²) in [5, 5.41) is 0. The van der Waals surface area contributed by atoms with Gasteiger partial charge < -0.3 is 4.90 Å². The van der Waals surface area contributed by atoms with Gasteiger partial charge in [0, 0.05) is 6.04 Å². The molecule has 0 bridgehead atoms. The van der Waals surface area contributed by atoms with E-state index in [1.165, 1.54) is 5.56 Å². The van der Waals surface area contributed by atoms with Gasteiger partial charge in [-0.3, -0.25) is 0 Å². The normalized spacial score (nSPS) is 12.3. The minimum absolute atomic E-state index is 0. The van der Waals surface area contributed by atoms with E-state index in [1.54, 1.807) is 0 Å². The van der Waals surface area contributed by atoms with Crippen LogP contribution in [0, 0.1) is 6.07 Å². The number of hydrogen-bond donors (Lipinski definition) is 0. The van der Waals surface area contributed by atoms with E-state index in [0.29, 0.717) is 6.04 Å². The fourth-order valence-electron chi connectivity index (χ4n) is 1.48. The summed E-state index contributed by atoms with van der Waals surface area (Å²) in [5.41, 5.74) is 1.28. The van der Waals surface area contributed by atoms with E-state index in [9.17, 15) is 0 Å². The number of nitrogens with zero attached hydrogens (tertiary/aromatic N) is 1. The van der Waals surface area contributed by atoms with Crippen molar-refractivity contribution in [2.75, 3.05) is 14.1 Å². The Morgan fingerprint density at radius 3 is 2.46 bits per heavy atom. The van der Waals surface area contributed by atoms with Crippen LogP contribution in [0.1, 0.15) is 24.9 Å². The fourth-order valence-corrected chi connectivity index (χ4v) is 1.48. The zero-order valence-corrected chi connectivity index (χ0v) is 9.04. The Labute approximate surface area is 93.3 Å². The Balaban J connectivity index is 0.00000144. The van der Waals surface area contributed by atoms with Crippen molar-refractivity contribution >= 4 is 0 Å². The van der Waals surface area contributed by atoms with Gasteiger partial charge >= 0.3 is 18.9 Å². The van der Waals surface area contributed by atoms with E-state index in [0.717, 1.165) is 6.42 Å². The van der Waals surface area contributed by atoms with Gasteiger partial charge in [0.1, 0.15) is 0 Å². The monoisotopic (exact) mass is 169 g/mol. The van der Waals surface area contributed by atoms with Gasteiger partial charge in [-0.2, -0.15) is 30.3 Å². The molecule has 1 rings (SSSR count). The first-order valence-corrected chi connectivity index (χ1v) is 4.38. The molecule has 0 saturated heterocycles. The van der Waals surface area contributed by atoms with Gasteiger partial charge in [0.15, 0.2) is 0 Å². The Bertz CT molecular complexity index is 221. The molecular formula is C11H16LiN. The van der Waals surface area contributed by atoms with E-state index >= 15 is 0 Å². The van der Waals surface area contributed by atoms with Crippen LogP contribution in [0.15, 0.2) is 24.3 Å². The van der Waals surface area contributed by atoms with Crippen molar-refractivity contribution in [2.24, 2.45) is 0 Å². The molecule has 1 aromatic rings. The SMILES string of the molecule is CC[C@H](c1[c-]cccc1)N(C)C.[Li+]. The van der Waals surface area contributed by atoms with Crippen molar-refractivity contribution in [1.29, 1.82) is 0 Å². The minimum Gasteiger partial charge on any atom is -0.304 e. The van der Waals surface area contributed by atoms with E-state index in [1.807, 2.05) is 12.1 Å². The molecule has 0 N–H and O–H groups in total. The van der Waals surface area contributed by atoms with Crippen LogP contribution < -0.4 is 18.9 Å². The Morgan fingerprint density at radius 2 is 2.08 bits per heavy atom. The van der Waals surface area contributed by atoms with E-state index in [4.69, 9.17) is 0 Å². The van der Waals surface area contributed by atoms with E-state index in [-0.39, 0.29) is 18.9 Å². The summed E-state index contributed by atoms with van der Waals surface area (Å²) in [5.74, 6) is 0. The summed E-state index contributed by atoms with van der Waals surface area (Å²) in [7, 11) is 4.21. The van der Waals surface area contributed by atoms with Crippen LogP contribution in [-0.4, -0.2) is 19.0 Å². The molecule has 0 aliphatic carbocycles. The summed E-state index contributed by atoms with van der Waals surface area (Å²) < 4.78 is 0. The third-order valence-electron chi connectivity index (χ3n) is 2.10. The predicted octanol–water partition coefficient (Wildman–Crippen LogP) is -0.497. The number of benzene rings is 1.